The Kier molecular flexibility index (Phi) is 4.12. The van der Waals surface area contributed by atoms with Crippen molar-refractivity contribution in [2.75, 3.05) is 5.75 Å². The van der Waals surface area contributed by atoms with Crippen molar-refractivity contribution < 1.29 is 16.8 Å². The first-order valence-electron chi connectivity index (χ1n) is 5.37. The molecule has 0 unspecified atom stereocenters. The number of rotatable bonds is 2. The summed E-state index contributed by atoms with van der Waals surface area (Å²) in [6.45, 7) is 1.35. The highest BCUT2D eigenvalue weighted by Crippen LogP contribution is 2.25. The topological polar surface area (TPSA) is 92.1 Å². The van der Waals surface area contributed by atoms with E-state index in [2.05, 4.69) is 0 Å². The van der Waals surface area contributed by atoms with Gasteiger partial charge in [-0.2, -0.15) is 0 Å². The van der Waals surface area contributed by atoms with Crippen molar-refractivity contribution in [3.05, 3.63) is 0 Å². The largest absolute Gasteiger partial charge is 0.279 e. The molecule has 0 aromatic carbocycles. The smallest absolute Gasteiger partial charge is 0.240 e. The van der Waals surface area contributed by atoms with Gasteiger partial charge >= 0.3 is 0 Å². The van der Waals surface area contributed by atoms with Gasteiger partial charge in [-0.05, 0) is 12.8 Å². The zero-order valence-electron chi connectivity index (χ0n) is 9.27. The molecule has 5 nitrogen and oxygen atoms in total. The second-order valence-corrected chi connectivity index (χ2v) is 8.63. The van der Waals surface area contributed by atoms with Crippen molar-refractivity contribution in [3.8, 4) is 0 Å². The Bertz CT molecular complexity index is 458. The molecule has 7 heteroatoms. The zero-order valence-corrected chi connectivity index (χ0v) is 10.9. The van der Waals surface area contributed by atoms with Crippen LogP contribution >= 0.6 is 0 Å². The Hall–Kier alpha value is -0.430. The summed E-state index contributed by atoms with van der Waals surface area (Å²) in [5.74, 6) is -0.336. The van der Waals surface area contributed by atoms with E-state index in [4.69, 9.17) is 5.41 Å². The maximum atomic E-state index is 11.9. The Balaban J connectivity index is 2.98. The highest BCUT2D eigenvalue weighted by atomic mass is 32.3. The summed E-state index contributed by atoms with van der Waals surface area (Å²) in [5, 5.41) is 6.68. The first-order chi connectivity index (χ1) is 7.32. The number of nitrogens with one attached hydrogen (secondary N) is 1. The molecule has 0 radical (unpaired) electrons. The third-order valence-electron chi connectivity index (χ3n) is 2.91. The number of hydrogen-bond acceptors (Lipinski definition) is 5. The summed E-state index contributed by atoms with van der Waals surface area (Å²) in [5.41, 5.74) is 0. The van der Waals surface area contributed by atoms with E-state index in [0.29, 0.717) is 12.8 Å². The molecule has 0 saturated heterocycles. The maximum Gasteiger partial charge on any atom is 0.240 e. The lowest BCUT2D eigenvalue weighted by Crippen LogP contribution is -2.35. The highest BCUT2D eigenvalue weighted by Gasteiger charge is 2.37. The van der Waals surface area contributed by atoms with E-state index in [0.717, 1.165) is 19.3 Å². The minimum Gasteiger partial charge on any atom is -0.279 e. The SMILES string of the molecule is CCS(=O)(=O)C(=N)S(=O)(=O)C1CCCCC1. The predicted octanol–water partition coefficient (Wildman–Crippen LogP) is 1.10. The molecule has 1 N–H and O–H groups in total. The summed E-state index contributed by atoms with van der Waals surface area (Å²) in [6.07, 6.45) is 3.53. The molecule has 1 rings (SSSR count). The van der Waals surface area contributed by atoms with E-state index >= 15 is 0 Å². The lowest BCUT2D eigenvalue weighted by molar-refractivity contribution is 0.489. The van der Waals surface area contributed by atoms with E-state index in [9.17, 15) is 16.8 Å². The quantitative estimate of drug-likeness (QED) is 0.599. The van der Waals surface area contributed by atoms with Gasteiger partial charge in [-0.15, -0.1) is 0 Å². The van der Waals surface area contributed by atoms with Gasteiger partial charge < -0.3 is 0 Å². The maximum absolute atomic E-state index is 11.9. The third kappa shape index (κ3) is 2.63. The molecular weight excluding hydrogens is 250 g/mol. The van der Waals surface area contributed by atoms with Crippen molar-refractivity contribution in [2.24, 2.45) is 0 Å². The van der Waals surface area contributed by atoms with Crippen LogP contribution < -0.4 is 0 Å². The number of sulfone groups is 2. The number of hydrogen-bond donors (Lipinski definition) is 1. The molecule has 0 bridgehead atoms. The van der Waals surface area contributed by atoms with Crippen LogP contribution in [-0.2, 0) is 19.7 Å². The second-order valence-electron chi connectivity index (χ2n) is 4.00. The van der Waals surface area contributed by atoms with E-state index in [1.807, 2.05) is 0 Å². The van der Waals surface area contributed by atoms with Crippen LogP contribution in [-0.4, -0.2) is 32.2 Å². The van der Waals surface area contributed by atoms with Gasteiger partial charge in [0.2, 0.25) is 24.1 Å². The fourth-order valence-corrected chi connectivity index (χ4v) is 5.53. The first kappa shape index (κ1) is 13.6. The van der Waals surface area contributed by atoms with Crippen molar-refractivity contribution in [1.82, 2.24) is 0 Å². The van der Waals surface area contributed by atoms with Crippen molar-refractivity contribution >= 4 is 24.1 Å². The van der Waals surface area contributed by atoms with Crippen LogP contribution in [0.5, 0.6) is 0 Å². The lowest BCUT2D eigenvalue weighted by Gasteiger charge is -2.21. The Labute approximate surface area is 96.6 Å². The van der Waals surface area contributed by atoms with Crippen molar-refractivity contribution in [3.63, 3.8) is 0 Å². The highest BCUT2D eigenvalue weighted by molar-refractivity contribution is 8.31. The van der Waals surface area contributed by atoms with Crippen LogP contribution in [0.3, 0.4) is 0 Å². The summed E-state index contributed by atoms with van der Waals surface area (Å²) < 4.78 is 45.5. The molecule has 1 aliphatic rings. The Morgan fingerprint density at radius 2 is 1.62 bits per heavy atom. The van der Waals surface area contributed by atoms with Crippen LogP contribution in [0.25, 0.3) is 0 Å². The van der Waals surface area contributed by atoms with E-state index < -0.39 is 29.3 Å². The molecule has 0 amide bonds. The average Bonchev–Trinajstić information content (AvgIpc) is 2.29. The van der Waals surface area contributed by atoms with Gasteiger partial charge in [0, 0.05) is 0 Å². The Morgan fingerprint density at radius 1 is 1.12 bits per heavy atom. The summed E-state index contributed by atoms with van der Waals surface area (Å²) >= 11 is 0. The molecular formula is C9H17NO4S2. The van der Waals surface area contributed by atoms with Gasteiger partial charge in [0.1, 0.15) is 0 Å². The minimum absolute atomic E-state index is 0.336. The summed E-state index contributed by atoms with van der Waals surface area (Å²) in [7, 11) is -7.85. The van der Waals surface area contributed by atoms with Crippen LogP contribution in [0.15, 0.2) is 0 Å². The average molecular weight is 267 g/mol. The Morgan fingerprint density at radius 3 is 2.06 bits per heavy atom. The van der Waals surface area contributed by atoms with Gasteiger partial charge in [-0.3, -0.25) is 5.41 Å². The van der Waals surface area contributed by atoms with Gasteiger partial charge in [0.15, 0.2) is 0 Å². The van der Waals surface area contributed by atoms with Gasteiger partial charge in [0.05, 0.1) is 11.0 Å². The molecule has 0 spiro atoms. The van der Waals surface area contributed by atoms with E-state index in [1.54, 1.807) is 0 Å². The molecule has 0 heterocycles. The molecule has 0 atom stereocenters. The van der Waals surface area contributed by atoms with E-state index in [1.165, 1.54) is 6.92 Å². The van der Waals surface area contributed by atoms with Gasteiger partial charge in [-0.1, -0.05) is 26.2 Å². The second kappa shape index (κ2) is 4.83. The van der Waals surface area contributed by atoms with Gasteiger partial charge in [-0.25, -0.2) is 16.8 Å². The van der Waals surface area contributed by atoms with Gasteiger partial charge in [0.25, 0.3) is 0 Å². The molecule has 0 aliphatic heterocycles. The summed E-state index contributed by atoms with van der Waals surface area (Å²) in [6, 6.07) is 0. The predicted molar refractivity (Wildman–Crippen MR) is 63.0 cm³/mol. The fourth-order valence-electron chi connectivity index (χ4n) is 1.83. The molecule has 94 valence electrons. The fraction of sp³-hybridized carbons (Fsp3) is 0.889. The zero-order chi connectivity index (χ0) is 12.4. The van der Waals surface area contributed by atoms with Crippen LogP contribution in [0.4, 0.5) is 0 Å². The first-order valence-corrected chi connectivity index (χ1v) is 8.57. The molecule has 0 aromatic rings. The lowest BCUT2D eigenvalue weighted by atomic mass is 10.0. The van der Waals surface area contributed by atoms with Crippen molar-refractivity contribution in [2.45, 2.75) is 44.3 Å². The molecule has 0 aromatic heterocycles. The molecule has 1 aliphatic carbocycles. The third-order valence-corrected chi connectivity index (χ3v) is 7.56. The normalized spacial score (nSPS) is 19.6. The molecule has 1 saturated carbocycles. The van der Waals surface area contributed by atoms with Crippen molar-refractivity contribution in [1.29, 1.82) is 5.41 Å². The van der Waals surface area contributed by atoms with E-state index in [-0.39, 0.29) is 5.75 Å². The molecule has 1 fully saturated rings. The van der Waals surface area contributed by atoms with Crippen LogP contribution in [0.2, 0.25) is 0 Å². The minimum atomic E-state index is -3.94. The van der Waals surface area contributed by atoms with Crippen LogP contribution in [0, 0.1) is 5.41 Å². The summed E-state index contributed by atoms with van der Waals surface area (Å²) in [4.78, 5) is 0. The monoisotopic (exact) mass is 267 g/mol. The molecule has 16 heavy (non-hydrogen) atoms. The standard InChI is InChI=1S/C9H17NO4S2/c1-2-15(11,12)9(10)16(13,14)8-6-4-3-5-7-8/h8,10H,2-7H2,1H3. The van der Waals surface area contributed by atoms with Crippen LogP contribution in [0.1, 0.15) is 39.0 Å².